The van der Waals surface area contributed by atoms with Gasteiger partial charge in [0.2, 0.25) is 0 Å². The maximum absolute atomic E-state index is 5.93. The summed E-state index contributed by atoms with van der Waals surface area (Å²) in [5, 5.41) is 8.32. The van der Waals surface area contributed by atoms with Crippen molar-refractivity contribution in [3.05, 3.63) is 30.0 Å². The summed E-state index contributed by atoms with van der Waals surface area (Å²) in [5.74, 6) is 0. The van der Waals surface area contributed by atoms with Crippen LogP contribution in [0.3, 0.4) is 0 Å². The van der Waals surface area contributed by atoms with Crippen LogP contribution in [0, 0.1) is 0 Å². The zero-order valence-corrected chi connectivity index (χ0v) is 10.7. The van der Waals surface area contributed by atoms with Crippen molar-refractivity contribution in [3.63, 3.8) is 0 Å². The van der Waals surface area contributed by atoms with E-state index in [4.69, 9.17) is 4.74 Å². The van der Waals surface area contributed by atoms with Gasteiger partial charge in [0.1, 0.15) is 0 Å². The number of morpholine rings is 1. The number of hydrogen-bond donors (Lipinski definition) is 1. The first-order valence-electron chi connectivity index (χ1n) is 6.64. The average Bonchev–Trinajstić information content (AvgIpc) is 2.87. The molecule has 0 bridgehead atoms. The molecule has 96 valence electrons. The van der Waals surface area contributed by atoms with Gasteiger partial charge >= 0.3 is 0 Å². The van der Waals surface area contributed by atoms with Crippen molar-refractivity contribution in [3.8, 4) is 0 Å². The smallest absolute Gasteiger partial charge is 0.0959 e. The summed E-state index contributed by atoms with van der Waals surface area (Å²) in [4.78, 5) is 2.48. The molecule has 3 rings (SSSR count). The molecule has 18 heavy (non-hydrogen) atoms. The van der Waals surface area contributed by atoms with Crippen LogP contribution >= 0.6 is 0 Å². The third-order valence-corrected chi connectivity index (χ3v) is 3.56. The fourth-order valence-electron chi connectivity index (χ4n) is 2.68. The number of H-pyrrole nitrogens is 1. The Hall–Kier alpha value is -1.39. The van der Waals surface area contributed by atoms with Crippen molar-refractivity contribution in [1.29, 1.82) is 0 Å². The SMILES string of the molecule is CCCN1CCOC(c2cccc3[nH]ncc23)C1. The van der Waals surface area contributed by atoms with E-state index < -0.39 is 0 Å². The second kappa shape index (κ2) is 5.08. The average molecular weight is 245 g/mol. The van der Waals surface area contributed by atoms with E-state index in [0.29, 0.717) is 0 Å². The van der Waals surface area contributed by atoms with Gasteiger partial charge in [-0.15, -0.1) is 0 Å². The molecule has 0 aliphatic carbocycles. The number of ether oxygens (including phenoxy) is 1. The topological polar surface area (TPSA) is 41.1 Å². The highest BCUT2D eigenvalue weighted by Crippen LogP contribution is 2.28. The lowest BCUT2D eigenvalue weighted by Crippen LogP contribution is -2.38. The summed E-state index contributed by atoms with van der Waals surface area (Å²) in [6.07, 6.45) is 3.27. The molecular formula is C14H19N3O. The van der Waals surface area contributed by atoms with Gasteiger partial charge in [0.05, 0.1) is 24.4 Å². The van der Waals surface area contributed by atoms with E-state index >= 15 is 0 Å². The minimum Gasteiger partial charge on any atom is -0.371 e. The predicted molar refractivity (Wildman–Crippen MR) is 71.5 cm³/mol. The molecule has 0 amide bonds. The number of aromatic nitrogens is 2. The quantitative estimate of drug-likeness (QED) is 0.902. The second-order valence-electron chi connectivity index (χ2n) is 4.84. The fraction of sp³-hybridized carbons (Fsp3) is 0.500. The second-order valence-corrected chi connectivity index (χ2v) is 4.84. The van der Waals surface area contributed by atoms with Crippen LogP contribution in [-0.4, -0.2) is 41.3 Å². The van der Waals surface area contributed by atoms with Gasteiger partial charge < -0.3 is 4.74 Å². The van der Waals surface area contributed by atoms with Crippen LogP contribution in [0.1, 0.15) is 25.0 Å². The molecule has 2 aromatic rings. The van der Waals surface area contributed by atoms with Gasteiger partial charge in [0.15, 0.2) is 0 Å². The molecule has 2 heterocycles. The molecule has 1 atom stereocenters. The Labute approximate surface area is 107 Å². The van der Waals surface area contributed by atoms with E-state index in [9.17, 15) is 0 Å². The predicted octanol–water partition coefficient (Wildman–Crippen LogP) is 2.35. The van der Waals surface area contributed by atoms with Crippen LogP contribution in [-0.2, 0) is 4.74 Å². The molecule has 1 fully saturated rings. The Kier molecular flexibility index (Phi) is 3.30. The van der Waals surface area contributed by atoms with E-state index in [-0.39, 0.29) is 6.10 Å². The number of hydrogen-bond acceptors (Lipinski definition) is 3. The van der Waals surface area contributed by atoms with Gasteiger partial charge in [-0.1, -0.05) is 19.1 Å². The minimum absolute atomic E-state index is 0.173. The molecule has 1 aliphatic heterocycles. The van der Waals surface area contributed by atoms with Crippen LogP contribution in [0.4, 0.5) is 0 Å². The Balaban J connectivity index is 1.87. The normalized spacial score (nSPS) is 21.5. The van der Waals surface area contributed by atoms with Crippen LogP contribution in [0.2, 0.25) is 0 Å². The van der Waals surface area contributed by atoms with Crippen LogP contribution < -0.4 is 0 Å². The largest absolute Gasteiger partial charge is 0.371 e. The first-order chi connectivity index (χ1) is 8.88. The zero-order valence-electron chi connectivity index (χ0n) is 10.7. The summed E-state index contributed by atoms with van der Waals surface area (Å²) in [5.41, 5.74) is 2.34. The molecule has 1 aliphatic rings. The van der Waals surface area contributed by atoms with Gasteiger partial charge in [-0.2, -0.15) is 5.10 Å². The Morgan fingerprint density at radius 1 is 1.50 bits per heavy atom. The lowest BCUT2D eigenvalue weighted by atomic mass is 10.0. The molecule has 4 heteroatoms. The van der Waals surface area contributed by atoms with Crippen LogP contribution in [0.15, 0.2) is 24.4 Å². The van der Waals surface area contributed by atoms with Gasteiger partial charge in [-0.25, -0.2) is 0 Å². The fourth-order valence-corrected chi connectivity index (χ4v) is 2.68. The van der Waals surface area contributed by atoms with Crippen LogP contribution in [0.5, 0.6) is 0 Å². The maximum Gasteiger partial charge on any atom is 0.0959 e. The number of nitrogens with one attached hydrogen (secondary N) is 1. The van der Waals surface area contributed by atoms with E-state index in [1.807, 2.05) is 6.20 Å². The van der Waals surface area contributed by atoms with E-state index in [0.717, 1.165) is 31.8 Å². The van der Waals surface area contributed by atoms with Crippen molar-refractivity contribution >= 4 is 10.9 Å². The third kappa shape index (κ3) is 2.13. The van der Waals surface area contributed by atoms with E-state index in [1.165, 1.54) is 17.4 Å². The van der Waals surface area contributed by atoms with Gasteiger partial charge in [-0.05, 0) is 24.6 Å². The summed E-state index contributed by atoms with van der Waals surface area (Å²) in [6.45, 7) is 6.23. The van der Waals surface area contributed by atoms with Gasteiger partial charge in [0, 0.05) is 18.5 Å². The van der Waals surface area contributed by atoms with Crippen molar-refractivity contribution in [2.45, 2.75) is 19.4 Å². The molecular weight excluding hydrogens is 226 g/mol. The Morgan fingerprint density at radius 2 is 2.44 bits per heavy atom. The summed E-state index contributed by atoms with van der Waals surface area (Å²) < 4.78 is 5.93. The van der Waals surface area contributed by atoms with Crippen molar-refractivity contribution in [2.24, 2.45) is 0 Å². The van der Waals surface area contributed by atoms with Crippen molar-refractivity contribution in [2.75, 3.05) is 26.2 Å². The monoisotopic (exact) mass is 245 g/mol. The van der Waals surface area contributed by atoms with Crippen molar-refractivity contribution in [1.82, 2.24) is 15.1 Å². The highest BCUT2D eigenvalue weighted by molar-refractivity contribution is 5.81. The molecule has 1 aromatic carbocycles. The number of benzene rings is 1. The lowest BCUT2D eigenvalue weighted by Gasteiger charge is -2.33. The summed E-state index contributed by atoms with van der Waals surface area (Å²) in [6, 6.07) is 6.27. The number of aromatic amines is 1. The first-order valence-corrected chi connectivity index (χ1v) is 6.64. The standard InChI is InChI=1S/C14H19N3O/c1-2-6-17-7-8-18-14(10-17)11-4-3-5-13-12(11)9-15-16-13/h3-5,9,14H,2,6-8,10H2,1H3,(H,15,16). The molecule has 1 saturated heterocycles. The molecule has 0 spiro atoms. The molecule has 0 radical (unpaired) electrons. The van der Waals surface area contributed by atoms with Gasteiger partial charge in [-0.3, -0.25) is 10.00 Å². The lowest BCUT2D eigenvalue weighted by molar-refractivity contribution is -0.0291. The Morgan fingerprint density at radius 3 is 3.33 bits per heavy atom. The minimum atomic E-state index is 0.173. The van der Waals surface area contributed by atoms with E-state index in [2.05, 4.69) is 40.2 Å². The Bertz CT molecular complexity index is 520. The number of fused-ring (bicyclic) bond motifs is 1. The van der Waals surface area contributed by atoms with Crippen molar-refractivity contribution < 1.29 is 4.74 Å². The van der Waals surface area contributed by atoms with Crippen LogP contribution in [0.25, 0.3) is 10.9 Å². The van der Waals surface area contributed by atoms with Gasteiger partial charge in [0.25, 0.3) is 0 Å². The highest BCUT2D eigenvalue weighted by Gasteiger charge is 2.23. The van der Waals surface area contributed by atoms with E-state index in [1.54, 1.807) is 0 Å². The maximum atomic E-state index is 5.93. The molecule has 1 aromatic heterocycles. The highest BCUT2D eigenvalue weighted by atomic mass is 16.5. The zero-order chi connectivity index (χ0) is 12.4. The summed E-state index contributed by atoms with van der Waals surface area (Å²) in [7, 11) is 0. The molecule has 1 unspecified atom stereocenters. The molecule has 1 N–H and O–H groups in total. The summed E-state index contributed by atoms with van der Waals surface area (Å²) >= 11 is 0. The first kappa shape index (κ1) is 11.7. The molecule has 4 nitrogen and oxygen atoms in total. The number of rotatable bonds is 3. The third-order valence-electron chi connectivity index (χ3n) is 3.56. The molecule has 0 saturated carbocycles. The number of nitrogens with zero attached hydrogens (tertiary/aromatic N) is 2.